The highest BCUT2D eigenvalue weighted by atomic mass is 16.6. The van der Waals surface area contributed by atoms with E-state index in [-0.39, 0.29) is 11.5 Å². The van der Waals surface area contributed by atoms with Crippen LogP contribution in [-0.2, 0) is 17.8 Å². The number of nitrogens with zero attached hydrogens (tertiary/aromatic N) is 5. The first-order valence-electron chi connectivity index (χ1n) is 12.5. The summed E-state index contributed by atoms with van der Waals surface area (Å²) < 4.78 is 8.21. The van der Waals surface area contributed by atoms with Gasteiger partial charge in [0.2, 0.25) is 0 Å². The number of carbonyl (C=O) groups is 1. The molecule has 2 aromatic heterocycles. The van der Waals surface area contributed by atoms with E-state index in [4.69, 9.17) is 10.1 Å². The van der Waals surface area contributed by atoms with Crippen LogP contribution in [0.4, 0.5) is 4.79 Å². The normalized spacial score (nSPS) is 23.8. The van der Waals surface area contributed by atoms with Crippen LogP contribution in [0.15, 0.2) is 49.1 Å². The number of pyridine rings is 1. The number of nitriles is 1. The number of nitrogens with one attached hydrogen (secondary N) is 2. The number of ether oxygens (including phenoxy) is 1. The molecule has 37 heavy (non-hydrogen) atoms. The van der Waals surface area contributed by atoms with Crippen LogP contribution in [-0.4, -0.2) is 50.9 Å². The van der Waals surface area contributed by atoms with E-state index in [0.29, 0.717) is 18.7 Å². The van der Waals surface area contributed by atoms with E-state index in [9.17, 15) is 10.1 Å². The van der Waals surface area contributed by atoms with Crippen molar-refractivity contribution in [2.45, 2.75) is 51.3 Å². The standard InChI is InChI=1S/C28H31N7O2/c1-27(17-35-19-33-24-5-4-20(12-29)10-25(24)35)7-3-8-28(16-27)18-34(26(36)37-28)15-23-11-21(6-9-32-23)22(13-30)14-31-2/h4-6,9-11,13-14,19,30-31H,3,7-8,15-18H2,1-2H3/b22-14+,30-13?/t27-,28?/m0/s1. The molecule has 1 aliphatic carbocycles. The lowest BCUT2D eigenvalue weighted by Gasteiger charge is -2.43. The van der Waals surface area contributed by atoms with Gasteiger partial charge in [-0.1, -0.05) is 6.92 Å². The first-order valence-corrected chi connectivity index (χ1v) is 12.5. The summed E-state index contributed by atoms with van der Waals surface area (Å²) in [5, 5.41) is 19.9. The number of imidazole rings is 1. The Morgan fingerprint density at radius 2 is 2.16 bits per heavy atom. The van der Waals surface area contributed by atoms with Crippen LogP contribution in [0.2, 0.25) is 0 Å². The van der Waals surface area contributed by atoms with Crippen molar-refractivity contribution in [1.29, 1.82) is 10.7 Å². The number of carbonyl (C=O) groups excluding carboxylic acids is 1. The zero-order chi connectivity index (χ0) is 26.0. The molecule has 0 bridgehead atoms. The molecule has 2 aliphatic rings. The molecule has 1 unspecified atom stereocenters. The summed E-state index contributed by atoms with van der Waals surface area (Å²) in [5.41, 5.74) is 4.20. The van der Waals surface area contributed by atoms with Gasteiger partial charge in [0.25, 0.3) is 0 Å². The summed E-state index contributed by atoms with van der Waals surface area (Å²) >= 11 is 0. The predicted molar refractivity (Wildman–Crippen MR) is 141 cm³/mol. The molecule has 1 amide bonds. The summed E-state index contributed by atoms with van der Waals surface area (Å²) in [6.07, 6.45) is 9.90. The highest BCUT2D eigenvalue weighted by Crippen LogP contribution is 2.47. The fourth-order valence-corrected chi connectivity index (χ4v) is 5.93. The second-order valence-corrected chi connectivity index (χ2v) is 10.5. The molecule has 3 heterocycles. The predicted octanol–water partition coefficient (Wildman–Crippen LogP) is 4.48. The maximum atomic E-state index is 13.0. The molecule has 0 radical (unpaired) electrons. The van der Waals surface area contributed by atoms with Crippen molar-refractivity contribution in [2.75, 3.05) is 13.6 Å². The van der Waals surface area contributed by atoms with E-state index in [2.05, 4.69) is 32.8 Å². The molecule has 2 fully saturated rings. The van der Waals surface area contributed by atoms with Gasteiger partial charge in [-0.05, 0) is 67.0 Å². The molecule has 9 nitrogen and oxygen atoms in total. The van der Waals surface area contributed by atoms with E-state index in [1.165, 1.54) is 6.21 Å². The van der Waals surface area contributed by atoms with Crippen molar-refractivity contribution in [3.8, 4) is 6.07 Å². The highest BCUT2D eigenvalue weighted by Gasteiger charge is 2.51. The number of fused-ring (bicyclic) bond motifs is 1. The monoisotopic (exact) mass is 497 g/mol. The van der Waals surface area contributed by atoms with E-state index >= 15 is 0 Å². The first kappa shape index (κ1) is 24.5. The fraction of sp³-hybridized carbons (Fsp3) is 0.393. The van der Waals surface area contributed by atoms with Crippen LogP contribution >= 0.6 is 0 Å². The molecule has 9 heteroatoms. The minimum Gasteiger partial charge on any atom is -0.441 e. The van der Waals surface area contributed by atoms with Gasteiger partial charge in [-0.2, -0.15) is 5.26 Å². The van der Waals surface area contributed by atoms with E-state index in [1.807, 2.05) is 30.6 Å². The smallest absolute Gasteiger partial charge is 0.410 e. The van der Waals surface area contributed by atoms with Gasteiger partial charge in [0.15, 0.2) is 0 Å². The van der Waals surface area contributed by atoms with Crippen LogP contribution in [0.1, 0.15) is 49.4 Å². The number of amides is 1. The van der Waals surface area contributed by atoms with Crippen molar-refractivity contribution >= 4 is 28.9 Å². The molecule has 1 saturated heterocycles. The number of hydrogen-bond donors (Lipinski definition) is 2. The van der Waals surface area contributed by atoms with Crippen LogP contribution in [0.3, 0.4) is 0 Å². The third-order valence-corrected chi connectivity index (χ3v) is 7.46. The average molecular weight is 498 g/mol. The zero-order valence-corrected chi connectivity index (χ0v) is 21.2. The Hall–Kier alpha value is -4.19. The van der Waals surface area contributed by atoms with Crippen molar-refractivity contribution in [1.82, 2.24) is 24.8 Å². The van der Waals surface area contributed by atoms with Crippen molar-refractivity contribution in [2.24, 2.45) is 5.41 Å². The minimum atomic E-state index is -0.526. The summed E-state index contributed by atoms with van der Waals surface area (Å²) in [5.74, 6) is 0. The maximum absolute atomic E-state index is 13.0. The number of allylic oxidation sites excluding steroid dienone is 1. The Bertz CT molecular complexity index is 1420. The van der Waals surface area contributed by atoms with Gasteiger partial charge in [0.05, 0.1) is 47.8 Å². The Kier molecular flexibility index (Phi) is 6.42. The van der Waals surface area contributed by atoms with Crippen LogP contribution in [0.25, 0.3) is 16.6 Å². The molecule has 1 aromatic carbocycles. The average Bonchev–Trinajstić information content (AvgIpc) is 3.41. The van der Waals surface area contributed by atoms with Gasteiger partial charge in [-0.25, -0.2) is 9.78 Å². The maximum Gasteiger partial charge on any atom is 0.410 e. The number of rotatable bonds is 7. The molecule has 2 N–H and O–H groups in total. The SMILES string of the molecule is CN/C=C(\C=N)c1ccnc(CN2CC3(CCC[C@](C)(Cn4cnc5ccc(C#N)cc54)C3)OC2=O)c1. The van der Waals surface area contributed by atoms with Crippen molar-refractivity contribution in [3.05, 3.63) is 65.9 Å². The number of hydrogen-bond acceptors (Lipinski definition) is 7. The van der Waals surface area contributed by atoms with Gasteiger partial charge in [0, 0.05) is 37.8 Å². The van der Waals surface area contributed by atoms with E-state index in [0.717, 1.165) is 60.1 Å². The largest absolute Gasteiger partial charge is 0.441 e. The lowest BCUT2D eigenvalue weighted by molar-refractivity contribution is -0.0270. The van der Waals surface area contributed by atoms with Crippen molar-refractivity contribution < 1.29 is 9.53 Å². The third-order valence-electron chi connectivity index (χ3n) is 7.46. The molecule has 3 aromatic rings. The van der Waals surface area contributed by atoms with Crippen molar-refractivity contribution in [3.63, 3.8) is 0 Å². The van der Waals surface area contributed by atoms with Gasteiger partial charge in [0.1, 0.15) is 5.60 Å². The van der Waals surface area contributed by atoms with Crippen LogP contribution < -0.4 is 5.32 Å². The first-order chi connectivity index (χ1) is 17.9. The molecule has 1 spiro atoms. The summed E-state index contributed by atoms with van der Waals surface area (Å²) in [6, 6.07) is 11.5. The van der Waals surface area contributed by atoms with Gasteiger partial charge in [-0.3, -0.25) is 9.88 Å². The lowest BCUT2D eigenvalue weighted by Crippen LogP contribution is -2.44. The second-order valence-electron chi connectivity index (χ2n) is 10.5. The number of benzene rings is 1. The van der Waals surface area contributed by atoms with Gasteiger partial charge >= 0.3 is 6.09 Å². The zero-order valence-electron chi connectivity index (χ0n) is 21.2. The Morgan fingerprint density at radius 1 is 1.30 bits per heavy atom. The summed E-state index contributed by atoms with van der Waals surface area (Å²) in [4.78, 5) is 23.7. The van der Waals surface area contributed by atoms with Gasteiger partial charge in [-0.15, -0.1) is 0 Å². The van der Waals surface area contributed by atoms with Crippen LogP contribution in [0.5, 0.6) is 0 Å². The minimum absolute atomic E-state index is 0.0835. The Labute approximate surface area is 216 Å². The molecular weight excluding hydrogens is 466 g/mol. The molecule has 2 atom stereocenters. The lowest BCUT2D eigenvalue weighted by atomic mass is 9.68. The summed E-state index contributed by atoms with van der Waals surface area (Å²) in [7, 11) is 1.79. The second kappa shape index (κ2) is 9.69. The quantitative estimate of drug-likeness (QED) is 0.464. The summed E-state index contributed by atoms with van der Waals surface area (Å²) in [6.45, 7) is 3.88. The molecular formula is C28H31N7O2. The van der Waals surface area contributed by atoms with Gasteiger partial charge < -0.3 is 20.0 Å². The molecule has 1 aliphatic heterocycles. The van der Waals surface area contributed by atoms with Crippen LogP contribution in [0, 0.1) is 22.2 Å². The van der Waals surface area contributed by atoms with E-state index < -0.39 is 5.60 Å². The molecule has 190 valence electrons. The topological polar surface area (TPSA) is 120 Å². The molecule has 5 rings (SSSR count). The third kappa shape index (κ3) is 4.92. The molecule has 1 saturated carbocycles. The number of aromatic nitrogens is 3. The van der Waals surface area contributed by atoms with E-state index in [1.54, 1.807) is 30.4 Å². The Morgan fingerprint density at radius 3 is 2.95 bits per heavy atom. The highest BCUT2D eigenvalue weighted by molar-refractivity contribution is 6.08. The fourth-order valence-electron chi connectivity index (χ4n) is 5.93. The Balaban J connectivity index is 1.32.